The zero-order valence-corrected chi connectivity index (χ0v) is 10.6. The highest BCUT2D eigenvalue weighted by molar-refractivity contribution is 5.81. The molecule has 0 fully saturated rings. The van der Waals surface area contributed by atoms with Crippen LogP contribution in [-0.4, -0.2) is 27.5 Å². The molecule has 1 aromatic rings. The Morgan fingerprint density at radius 3 is 2.94 bits per heavy atom. The highest BCUT2D eigenvalue weighted by Gasteiger charge is 2.15. The van der Waals surface area contributed by atoms with Gasteiger partial charge in [0.2, 0.25) is 5.91 Å². The fraction of sp³-hybridized carbons (Fsp3) is 0.667. The number of carbonyl (C=O) groups excluding carboxylic acids is 1. The maximum Gasteiger partial charge on any atom is 0.237 e. The van der Waals surface area contributed by atoms with Crippen LogP contribution >= 0.6 is 0 Å². The molecule has 1 rings (SSSR count). The van der Waals surface area contributed by atoms with E-state index in [2.05, 4.69) is 17.2 Å². The Labute approximate surface area is 102 Å². The van der Waals surface area contributed by atoms with Crippen molar-refractivity contribution in [2.45, 2.75) is 51.7 Å². The molecule has 0 aliphatic heterocycles. The number of unbranched alkanes of at least 4 members (excludes halogenated alkanes) is 1. The summed E-state index contributed by atoms with van der Waals surface area (Å²) in [6.07, 6.45) is 8.14. The minimum Gasteiger partial charge on any atom is -0.351 e. The lowest BCUT2D eigenvalue weighted by molar-refractivity contribution is -0.123. The number of nitrogens with zero attached hydrogens (tertiary/aromatic N) is 2. The van der Waals surface area contributed by atoms with Crippen molar-refractivity contribution in [1.29, 1.82) is 0 Å². The number of rotatable bonds is 7. The van der Waals surface area contributed by atoms with Gasteiger partial charge in [0.1, 0.15) is 0 Å². The summed E-state index contributed by atoms with van der Waals surface area (Å²) in [5, 5.41) is 2.91. The van der Waals surface area contributed by atoms with E-state index >= 15 is 0 Å². The van der Waals surface area contributed by atoms with Crippen molar-refractivity contribution >= 4 is 5.91 Å². The number of carbonyl (C=O) groups is 1. The molecule has 1 amide bonds. The van der Waals surface area contributed by atoms with Crippen molar-refractivity contribution in [3.05, 3.63) is 18.7 Å². The van der Waals surface area contributed by atoms with Gasteiger partial charge in [0.15, 0.2) is 0 Å². The molecule has 2 atom stereocenters. The molecule has 0 radical (unpaired) electrons. The highest BCUT2D eigenvalue weighted by Crippen LogP contribution is 1.99. The lowest BCUT2D eigenvalue weighted by atomic mass is 10.1. The third-order valence-corrected chi connectivity index (χ3v) is 2.64. The second-order valence-corrected chi connectivity index (χ2v) is 4.42. The normalized spacial score (nSPS) is 14.3. The molecule has 0 bridgehead atoms. The van der Waals surface area contributed by atoms with E-state index < -0.39 is 0 Å². The Kier molecular flexibility index (Phi) is 5.69. The van der Waals surface area contributed by atoms with Crippen LogP contribution in [0, 0.1) is 0 Å². The monoisotopic (exact) mass is 238 g/mol. The third kappa shape index (κ3) is 4.99. The number of aromatic nitrogens is 2. The molecule has 5 nitrogen and oxygen atoms in total. The first-order chi connectivity index (χ1) is 8.13. The summed E-state index contributed by atoms with van der Waals surface area (Å²) in [6.45, 7) is 4.77. The molecule has 0 spiro atoms. The molecular formula is C12H22N4O. The summed E-state index contributed by atoms with van der Waals surface area (Å²) in [7, 11) is 0. The van der Waals surface area contributed by atoms with Crippen LogP contribution < -0.4 is 11.1 Å². The van der Waals surface area contributed by atoms with Crippen molar-refractivity contribution in [2.24, 2.45) is 5.73 Å². The van der Waals surface area contributed by atoms with Crippen LogP contribution in [0.4, 0.5) is 0 Å². The van der Waals surface area contributed by atoms with Crippen molar-refractivity contribution < 1.29 is 4.79 Å². The summed E-state index contributed by atoms with van der Waals surface area (Å²) in [4.78, 5) is 15.7. The topological polar surface area (TPSA) is 72.9 Å². The molecule has 0 aliphatic rings. The maximum atomic E-state index is 11.7. The first-order valence-corrected chi connectivity index (χ1v) is 6.15. The molecule has 3 N–H and O–H groups in total. The van der Waals surface area contributed by atoms with Gasteiger partial charge in [0.05, 0.1) is 12.4 Å². The van der Waals surface area contributed by atoms with Crippen molar-refractivity contribution in [1.82, 2.24) is 14.9 Å². The molecule has 0 aliphatic carbocycles. The number of nitrogens with two attached hydrogens (primary N) is 1. The molecule has 0 aromatic carbocycles. The van der Waals surface area contributed by atoms with E-state index in [1.54, 1.807) is 12.5 Å². The van der Waals surface area contributed by atoms with Crippen LogP contribution in [0.5, 0.6) is 0 Å². The average Bonchev–Trinajstić information content (AvgIpc) is 2.78. The van der Waals surface area contributed by atoms with Gasteiger partial charge in [0.25, 0.3) is 0 Å². The van der Waals surface area contributed by atoms with E-state index in [-0.39, 0.29) is 18.0 Å². The van der Waals surface area contributed by atoms with E-state index in [9.17, 15) is 4.79 Å². The lowest BCUT2D eigenvalue weighted by Crippen LogP contribution is -2.45. The highest BCUT2D eigenvalue weighted by atomic mass is 16.2. The first kappa shape index (κ1) is 13.7. The van der Waals surface area contributed by atoms with E-state index in [1.807, 2.05) is 17.7 Å². The Morgan fingerprint density at radius 1 is 1.59 bits per heavy atom. The van der Waals surface area contributed by atoms with Gasteiger partial charge >= 0.3 is 0 Å². The molecule has 1 aromatic heterocycles. The second-order valence-electron chi connectivity index (χ2n) is 4.42. The SMILES string of the molecule is CCCC[C@H](N)C(=O)NC(C)Cn1ccnc1. The second kappa shape index (κ2) is 7.06. The van der Waals surface area contributed by atoms with Crippen LogP contribution in [0.1, 0.15) is 33.1 Å². The Morgan fingerprint density at radius 2 is 2.35 bits per heavy atom. The smallest absolute Gasteiger partial charge is 0.237 e. The van der Waals surface area contributed by atoms with E-state index in [0.717, 1.165) is 19.3 Å². The van der Waals surface area contributed by atoms with Gasteiger partial charge < -0.3 is 15.6 Å². The van der Waals surface area contributed by atoms with Crippen LogP contribution in [-0.2, 0) is 11.3 Å². The van der Waals surface area contributed by atoms with Gasteiger partial charge in [-0.1, -0.05) is 19.8 Å². The predicted octanol–water partition coefficient (Wildman–Crippen LogP) is 0.905. The van der Waals surface area contributed by atoms with Crippen LogP contribution in [0.2, 0.25) is 0 Å². The zero-order valence-electron chi connectivity index (χ0n) is 10.6. The Bertz CT molecular complexity index is 323. The van der Waals surface area contributed by atoms with Crippen LogP contribution in [0.15, 0.2) is 18.7 Å². The van der Waals surface area contributed by atoms with E-state index in [4.69, 9.17) is 5.73 Å². The quantitative estimate of drug-likeness (QED) is 0.741. The van der Waals surface area contributed by atoms with Crippen LogP contribution in [0.25, 0.3) is 0 Å². The van der Waals surface area contributed by atoms with Gasteiger partial charge in [-0.05, 0) is 13.3 Å². The molecule has 0 saturated carbocycles. The predicted molar refractivity (Wildman–Crippen MR) is 67.3 cm³/mol. The van der Waals surface area contributed by atoms with Gasteiger partial charge in [-0.3, -0.25) is 4.79 Å². The Hall–Kier alpha value is -1.36. The number of hydrogen-bond acceptors (Lipinski definition) is 3. The summed E-state index contributed by atoms with van der Waals surface area (Å²) in [5.41, 5.74) is 5.79. The Balaban J connectivity index is 2.30. The molecular weight excluding hydrogens is 216 g/mol. The summed E-state index contributed by atoms with van der Waals surface area (Å²) in [5.74, 6) is -0.0638. The molecule has 17 heavy (non-hydrogen) atoms. The summed E-state index contributed by atoms with van der Waals surface area (Å²) >= 11 is 0. The largest absolute Gasteiger partial charge is 0.351 e. The maximum absolute atomic E-state index is 11.7. The number of hydrogen-bond donors (Lipinski definition) is 2. The van der Waals surface area contributed by atoms with Gasteiger partial charge in [-0.15, -0.1) is 0 Å². The fourth-order valence-corrected chi connectivity index (χ4v) is 1.66. The molecule has 0 saturated heterocycles. The first-order valence-electron chi connectivity index (χ1n) is 6.15. The van der Waals surface area contributed by atoms with Crippen molar-refractivity contribution in [2.75, 3.05) is 0 Å². The minimum absolute atomic E-state index is 0.0596. The fourth-order valence-electron chi connectivity index (χ4n) is 1.66. The molecule has 1 heterocycles. The van der Waals surface area contributed by atoms with Crippen LogP contribution in [0.3, 0.4) is 0 Å². The van der Waals surface area contributed by atoms with E-state index in [0.29, 0.717) is 6.54 Å². The van der Waals surface area contributed by atoms with Gasteiger partial charge in [0, 0.05) is 25.0 Å². The molecule has 1 unspecified atom stereocenters. The van der Waals surface area contributed by atoms with Crippen molar-refractivity contribution in [3.8, 4) is 0 Å². The average molecular weight is 238 g/mol. The number of imidazole rings is 1. The van der Waals surface area contributed by atoms with Gasteiger partial charge in [-0.2, -0.15) is 0 Å². The zero-order chi connectivity index (χ0) is 12.7. The van der Waals surface area contributed by atoms with E-state index in [1.165, 1.54) is 0 Å². The molecule has 5 heteroatoms. The van der Waals surface area contributed by atoms with Crippen molar-refractivity contribution in [3.63, 3.8) is 0 Å². The third-order valence-electron chi connectivity index (χ3n) is 2.64. The minimum atomic E-state index is -0.389. The molecule has 96 valence electrons. The van der Waals surface area contributed by atoms with Gasteiger partial charge in [-0.25, -0.2) is 4.98 Å². The summed E-state index contributed by atoms with van der Waals surface area (Å²) < 4.78 is 1.93. The number of amides is 1. The number of nitrogens with one attached hydrogen (secondary N) is 1. The lowest BCUT2D eigenvalue weighted by Gasteiger charge is -2.17. The summed E-state index contributed by atoms with van der Waals surface area (Å²) in [6, 6.07) is -0.329. The standard InChI is InChI=1S/C12H22N4O/c1-3-4-5-11(13)12(17)15-10(2)8-16-7-6-14-9-16/h6-7,9-11H,3-5,8,13H2,1-2H3,(H,15,17)/t10?,11-/m0/s1.